The molecule has 6 nitrogen and oxygen atoms in total. The number of esters is 1. The number of hydrogen-bond donors (Lipinski definition) is 0. The summed E-state index contributed by atoms with van der Waals surface area (Å²) in [6, 6.07) is 15.1. The summed E-state index contributed by atoms with van der Waals surface area (Å²) in [6.07, 6.45) is -0.186. The molecule has 1 aliphatic carbocycles. The standard InChI is InChI=1S/C19H17O6S/c1-26(22,23)11-10-24-19(21)18(25-12-20)17-15-8-4-2-6-13(15)14-7-3-5-9-16(14)17/h2-9,17-18H,10-11H2,1H3. The highest BCUT2D eigenvalue weighted by molar-refractivity contribution is 7.90. The summed E-state index contributed by atoms with van der Waals surface area (Å²) in [4.78, 5) is 23.4. The number of sulfone groups is 1. The maximum Gasteiger partial charge on any atom is 0.418 e. The lowest BCUT2D eigenvalue weighted by Gasteiger charge is -2.22. The molecule has 0 saturated carbocycles. The zero-order valence-electron chi connectivity index (χ0n) is 14.0. The van der Waals surface area contributed by atoms with E-state index in [1.165, 1.54) is 6.47 Å². The molecule has 3 rings (SSSR count). The Morgan fingerprint density at radius 2 is 1.62 bits per heavy atom. The Morgan fingerprint density at radius 1 is 1.08 bits per heavy atom. The van der Waals surface area contributed by atoms with Crippen molar-refractivity contribution >= 4 is 22.3 Å². The molecule has 0 bridgehead atoms. The van der Waals surface area contributed by atoms with Crippen molar-refractivity contribution in [2.24, 2.45) is 0 Å². The van der Waals surface area contributed by atoms with Crippen LogP contribution < -0.4 is 0 Å². The highest BCUT2D eigenvalue weighted by Crippen LogP contribution is 2.46. The maximum atomic E-state index is 12.5. The normalized spacial score (nSPS) is 14.2. The van der Waals surface area contributed by atoms with Crippen LogP contribution in [0.2, 0.25) is 0 Å². The van der Waals surface area contributed by atoms with Gasteiger partial charge in [-0.05, 0) is 22.3 Å². The molecule has 0 fully saturated rings. The molecule has 0 amide bonds. The van der Waals surface area contributed by atoms with Crippen molar-refractivity contribution < 1.29 is 27.5 Å². The number of benzene rings is 2. The lowest BCUT2D eigenvalue weighted by atomic mass is 9.91. The maximum absolute atomic E-state index is 12.5. The van der Waals surface area contributed by atoms with Crippen molar-refractivity contribution in [1.29, 1.82) is 0 Å². The van der Waals surface area contributed by atoms with Crippen LogP contribution in [0.25, 0.3) is 11.1 Å². The van der Waals surface area contributed by atoms with Crippen molar-refractivity contribution in [3.05, 3.63) is 59.7 Å². The second-order valence-corrected chi connectivity index (χ2v) is 8.33. The molecular formula is C19H17O6S. The third-order valence-corrected chi connectivity index (χ3v) is 5.20. The minimum absolute atomic E-state index is 0.298. The van der Waals surface area contributed by atoms with Crippen LogP contribution in [0, 0.1) is 0 Å². The highest BCUT2D eigenvalue weighted by atomic mass is 32.2. The fourth-order valence-electron chi connectivity index (χ4n) is 3.20. The summed E-state index contributed by atoms with van der Waals surface area (Å²) < 4.78 is 32.4. The van der Waals surface area contributed by atoms with Gasteiger partial charge in [0.1, 0.15) is 6.61 Å². The molecule has 0 aliphatic heterocycles. The van der Waals surface area contributed by atoms with E-state index in [1.54, 1.807) is 0 Å². The summed E-state index contributed by atoms with van der Waals surface area (Å²) in [5, 5.41) is 0. The van der Waals surface area contributed by atoms with Crippen molar-refractivity contribution in [3.8, 4) is 11.1 Å². The second-order valence-electron chi connectivity index (χ2n) is 6.07. The van der Waals surface area contributed by atoms with Gasteiger partial charge >= 0.3 is 12.4 Å². The van der Waals surface area contributed by atoms with Gasteiger partial charge in [0.2, 0.25) is 6.10 Å². The SMILES string of the molecule is CS(=O)(=O)CCOC(=O)C(O[C]=O)C1c2ccccc2-c2ccccc21. The third-order valence-electron chi connectivity index (χ3n) is 4.29. The molecule has 0 saturated heterocycles. The van der Waals surface area contributed by atoms with E-state index in [0.29, 0.717) is 0 Å². The summed E-state index contributed by atoms with van der Waals surface area (Å²) in [5.74, 6) is -1.63. The molecule has 7 heteroatoms. The summed E-state index contributed by atoms with van der Waals surface area (Å²) in [5.41, 5.74) is 3.59. The first-order chi connectivity index (χ1) is 12.4. The zero-order valence-corrected chi connectivity index (χ0v) is 14.9. The first-order valence-electron chi connectivity index (χ1n) is 7.98. The van der Waals surface area contributed by atoms with Crippen LogP contribution in [0.5, 0.6) is 0 Å². The van der Waals surface area contributed by atoms with E-state index in [9.17, 15) is 18.0 Å². The van der Waals surface area contributed by atoms with Gasteiger partial charge in [-0.3, -0.25) is 0 Å². The third kappa shape index (κ3) is 3.62. The molecule has 0 spiro atoms. The van der Waals surface area contributed by atoms with E-state index in [4.69, 9.17) is 9.47 Å². The predicted molar refractivity (Wildman–Crippen MR) is 95.0 cm³/mol. The fraction of sp³-hybridized carbons (Fsp3) is 0.263. The van der Waals surface area contributed by atoms with E-state index in [1.807, 2.05) is 48.5 Å². The van der Waals surface area contributed by atoms with E-state index < -0.39 is 27.8 Å². The highest BCUT2D eigenvalue weighted by Gasteiger charge is 2.40. The lowest BCUT2D eigenvalue weighted by molar-refractivity contribution is -0.152. The lowest BCUT2D eigenvalue weighted by Crippen LogP contribution is -2.33. The quantitative estimate of drug-likeness (QED) is 0.689. The predicted octanol–water partition coefficient (Wildman–Crippen LogP) is 1.84. The summed E-state index contributed by atoms with van der Waals surface area (Å²) in [7, 11) is -3.27. The van der Waals surface area contributed by atoms with Crippen molar-refractivity contribution in [1.82, 2.24) is 0 Å². The number of hydrogen-bond acceptors (Lipinski definition) is 6. The van der Waals surface area contributed by atoms with Gasteiger partial charge < -0.3 is 9.47 Å². The van der Waals surface area contributed by atoms with Crippen LogP contribution in [-0.2, 0) is 28.9 Å². The number of fused-ring (bicyclic) bond motifs is 3. The molecular weight excluding hydrogens is 356 g/mol. The van der Waals surface area contributed by atoms with Gasteiger partial charge in [0.05, 0.1) is 11.7 Å². The van der Waals surface area contributed by atoms with Crippen LogP contribution in [-0.4, -0.2) is 45.6 Å². The Hall–Kier alpha value is -2.67. The van der Waals surface area contributed by atoms with Gasteiger partial charge in [0.25, 0.3) is 0 Å². The topological polar surface area (TPSA) is 86.7 Å². The van der Waals surface area contributed by atoms with Gasteiger partial charge in [-0.1, -0.05) is 48.5 Å². The Morgan fingerprint density at radius 3 is 2.12 bits per heavy atom. The van der Waals surface area contributed by atoms with E-state index in [-0.39, 0.29) is 12.4 Å². The summed E-state index contributed by atoms with van der Waals surface area (Å²) >= 11 is 0. The summed E-state index contributed by atoms with van der Waals surface area (Å²) in [6.45, 7) is 1.03. The number of rotatable bonds is 7. The molecule has 0 heterocycles. The van der Waals surface area contributed by atoms with Gasteiger partial charge in [-0.25, -0.2) is 18.0 Å². The van der Waals surface area contributed by atoms with Gasteiger partial charge in [0.15, 0.2) is 9.84 Å². The monoisotopic (exact) mass is 373 g/mol. The van der Waals surface area contributed by atoms with E-state index in [0.717, 1.165) is 28.5 Å². The first kappa shape index (κ1) is 18.1. The molecule has 1 aliphatic rings. The largest absolute Gasteiger partial charge is 0.462 e. The Kier molecular flexibility index (Phi) is 5.08. The number of ether oxygens (including phenoxy) is 2. The average molecular weight is 373 g/mol. The zero-order chi connectivity index (χ0) is 18.7. The first-order valence-corrected chi connectivity index (χ1v) is 10.0. The molecule has 1 unspecified atom stereocenters. The Labute approximate surface area is 151 Å². The molecule has 0 aromatic heterocycles. The molecule has 2 aromatic carbocycles. The van der Waals surface area contributed by atoms with Crippen molar-refractivity contribution in [2.45, 2.75) is 12.0 Å². The molecule has 1 atom stereocenters. The van der Waals surface area contributed by atoms with E-state index >= 15 is 0 Å². The van der Waals surface area contributed by atoms with Gasteiger partial charge in [0, 0.05) is 6.26 Å². The van der Waals surface area contributed by atoms with Crippen molar-refractivity contribution in [2.75, 3.05) is 18.6 Å². The fourth-order valence-corrected chi connectivity index (χ4v) is 3.59. The average Bonchev–Trinajstić information content (AvgIpc) is 2.93. The molecule has 1 radical (unpaired) electrons. The minimum atomic E-state index is -3.27. The Balaban J connectivity index is 1.93. The van der Waals surface area contributed by atoms with Crippen LogP contribution in [0.3, 0.4) is 0 Å². The second kappa shape index (κ2) is 7.29. The number of carbonyl (C=O) groups is 1. The van der Waals surface area contributed by atoms with Crippen molar-refractivity contribution in [3.63, 3.8) is 0 Å². The molecule has 0 N–H and O–H groups in total. The van der Waals surface area contributed by atoms with Crippen LogP contribution >= 0.6 is 0 Å². The van der Waals surface area contributed by atoms with E-state index in [2.05, 4.69) is 0 Å². The molecule has 26 heavy (non-hydrogen) atoms. The van der Waals surface area contributed by atoms with Crippen LogP contribution in [0.15, 0.2) is 48.5 Å². The number of carbonyl (C=O) groups excluding carboxylic acids is 2. The van der Waals surface area contributed by atoms with Gasteiger partial charge in [-0.15, -0.1) is 0 Å². The Bertz CT molecular complexity index is 889. The molecule has 2 aromatic rings. The van der Waals surface area contributed by atoms with Gasteiger partial charge in [-0.2, -0.15) is 0 Å². The minimum Gasteiger partial charge on any atom is -0.462 e. The van der Waals surface area contributed by atoms with Crippen LogP contribution in [0.1, 0.15) is 17.0 Å². The smallest absolute Gasteiger partial charge is 0.418 e. The molecule has 135 valence electrons. The van der Waals surface area contributed by atoms with Crippen LogP contribution in [0.4, 0.5) is 0 Å².